The van der Waals surface area contributed by atoms with E-state index in [1.807, 2.05) is 13.8 Å². The minimum absolute atomic E-state index is 0.218. The zero-order valence-corrected chi connectivity index (χ0v) is 11.4. The Morgan fingerprint density at radius 2 is 2.21 bits per heavy atom. The Hall–Kier alpha value is -1.87. The molecule has 0 bridgehead atoms. The first kappa shape index (κ1) is 13.6. The molecule has 2 aromatic heterocycles. The maximum atomic E-state index is 5.36. The van der Waals surface area contributed by atoms with Crippen molar-refractivity contribution in [3.05, 3.63) is 12.0 Å². The van der Waals surface area contributed by atoms with Crippen LogP contribution in [0.15, 0.2) is 21.1 Å². The third-order valence-electron chi connectivity index (χ3n) is 1.94. The number of aromatic nitrogens is 4. The van der Waals surface area contributed by atoms with E-state index in [-0.39, 0.29) is 12.0 Å². The molecule has 9 heteroatoms. The van der Waals surface area contributed by atoms with Crippen LogP contribution in [0.3, 0.4) is 0 Å². The average molecular weight is 282 g/mol. The maximum Gasteiger partial charge on any atom is 0.322 e. The van der Waals surface area contributed by atoms with Crippen molar-refractivity contribution in [2.75, 3.05) is 12.0 Å². The van der Waals surface area contributed by atoms with Gasteiger partial charge in [0.25, 0.3) is 5.22 Å². The first-order chi connectivity index (χ1) is 9.21. The fourth-order valence-corrected chi connectivity index (χ4v) is 1.86. The summed E-state index contributed by atoms with van der Waals surface area (Å²) in [5, 5.41) is 0.851. The number of ether oxygens (including phenoxy) is 1. The number of hydrogen-bond acceptors (Lipinski definition) is 9. The molecule has 2 aromatic rings. The van der Waals surface area contributed by atoms with Gasteiger partial charge in [-0.1, -0.05) is 6.92 Å². The van der Waals surface area contributed by atoms with Gasteiger partial charge in [-0.15, -0.1) is 0 Å². The van der Waals surface area contributed by atoms with E-state index >= 15 is 0 Å². The second-order valence-electron chi connectivity index (χ2n) is 3.57. The molecule has 8 nitrogen and oxygen atoms in total. The highest BCUT2D eigenvalue weighted by Crippen LogP contribution is 2.25. The van der Waals surface area contributed by atoms with Gasteiger partial charge >= 0.3 is 6.01 Å². The number of rotatable bonds is 6. The summed E-state index contributed by atoms with van der Waals surface area (Å²) >= 11 is 1.17. The zero-order chi connectivity index (χ0) is 13.7. The van der Waals surface area contributed by atoms with Crippen LogP contribution >= 0.6 is 11.8 Å². The molecule has 0 spiro atoms. The lowest BCUT2D eigenvalue weighted by Crippen LogP contribution is -2.13. The topological polar surface area (TPSA) is 112 Å². The molecule has 0 saturated carbocycles. The van der Waals surface area contributed by atoms with Crippen LogP contribution in [0, 0.1) is 6.92 Å². The first-order valence-electron chi connectivity index (χ1n) is 5.66. The minimum atomic E-state index is 0.218. The Bertz CT molecular complexity index is 547. The van der Waals surface area contributed by atoms with E-state index in [4.69, 9.17) is 15.0 Å². The summed E-state index contributed by atoms with van der Waals surface area (Å²) < 4.78 is 10.6. The molecule has 0 radical (unpaired) electrons. The Morgan fingerprint density at radius 1 is 1.37 bits per heavy atom. The monoisotopic (exact) mass is 282 g/mol. The summed E-state index contributed by atoms with van der Waals surface area (Å²) in [6.07, 6.45) is 2.42. The van der Waals surface area contributed by atoms with E-state index in [1.54, 1.807) is 6.26 Å². The quantitative estimate of drug-likeness (QED) is 0.599. The van der Waals surface area contributed by atoms with Gasteiger partial charge in [0, 0.05) is 11.8 Å². The molecule has 0 fully saturated rings. The first-order valence-corrected chi connectivity index (χ1v) is 6.48. The molecule has 0 aromatic carbocycles. The predicted octanol–water partition coefficient (Wildman–Crippen LogP) is 1.39. The molecule has 0 aliphatic carbocycles. The molecule has 0 atom stereocenters. The Kier molecular flexibility index (Phi) is 4.53. The summed E-state index contributed by atoms with van der Waals surface area (Å²) in [4.78, 5) is 16.4. The van der Waals surface area contributed by atoms with Crippen LogP contribution in [0.25, 0.3) is 0 Å². The van der Waals surface area contributed by atoms with Gasteiger partial charge in [-0.3, -0.25) is 5.43 Å². The largest absolute Gasteiger partial charge is 0.463 e. The summed E-state index contributed by atoms with van der Waals surface area (Å²) in [7, 11) is 0. The summed E-state index contributed by atoms with van der Waals surface area (Å²) in [5.41, 5.74) is 3.16. The molecule has 2 rings (SSSR count). The summed E-state index contributed by atoms with van der Waals surface area (Å²) in [6, 6.07) is 0.218. The van der Waals surface area contributed by atoms with Gasteiger partial charge in [-0.25, -0.2) is 10.8 Å². The van der Waals surface area contributed by atoms with Gasteiger partial charge in [0.1, 0.15) is 6.26 Å². The normalized spacial score (nSPS) is 10.5. The highest BCUT2D eigenvalue weighted by molar-refractivity contribution is 7.98. The van der Waals surface area contributed by atoms with Crippen LogP contribution in [0.1, 0.15) is 19.0 Å². The summed E-state index contributed by atoms with van der Waals surface area (Å²) in [5.74, 6) is 5.54. The lowest BCUT2D eigenvalue weighted by atomic mass is 10.5. The van der Waals surface area contributed by atoms with Crippen molar-refractivity contribution in [2.45, 2.75) is 30.6 Å². The number of aryl methyl sites for hydroxylation is 1. The lowest BCUT2D eigenvalue weighted by Gasteiger charge is -2.05. The zero-order valence-electron chi connectivity index (χ0n) is 10.6. The highest BCUT2D eigenvalue weighted by atomic mass is 32.2. The fraction of sp³-hybridized carbons (Fsp3) is 0.400. The smallest absolute Gasteiger partial charge is 0.322 e. The Labute approximate surface area is 114 Å². The number of oxazole rings is 1. The van der Waals surface area contributed by atoms with Crippen LogP contribution < -0.4 is 16.0 Å². The molecular weight excluding hydrogens is 268 g/mol. The summed E-state index contributed by atoms with van der Waals surface area (Å²) in [6.45, 7) is 4.36. The molecule has 2 heterocycles. The van der Waals surface area contributed by atoms with Gasteiger partial charge in [0.15, 0.2) is 0 Å². The van der Waals surface area contributed by atoms with Gasteiger partial charge in [-0.05, 0) is 13.3 Å². The van der Waals surface area contributed by atoms with Gasteiger partial charge < -0.3 is 9.15 Å². The maximum absolute atomic E-state index is 5.36. The Morgan fingerprint density at radius 3 is 2.84 bits per heavy atom. The molecule has 19 heavy (non-hydrogen) atoms. The molecule has 0 aliphatic rings. The van der Waals surface area contributed by atoms with Crippen LogP contribution in [0.5, 0.6) is 6.01 Å². The third-order valence-corrected chi connectivity index (χ3v) is 2.66. The number of nitrogens with two attached hydrogens (primary N) is 1. The van der Waals surface area contributed by atoms with E-state index in [2.05, 4.69) is 25.4 Å². The van der Waals surface area contributed by atoms with E-state index in [0.717, 1.165) is 12.1 Å². The number of nitrogens with zero attached hydrogens (tertiary/aromatic N) is 4. The number of anilines is 1. The number of nitrogens with one attached hydrogen (secondary N) is 1. The van der Waals surface area contributed by atoms with Gasteiger partial charge in [0.2, 0.25) is 11.1 Å². The van der Waals surface area contributed by atoms with Crippen molar-refractivity contribution in [3.63, 3.8) is 0 Å². The number of nitrogen functional groups attached to an aromatic ring is 1. The van der Waals surface area contributed by atoms with Crippen LogP contribution in [-0.4, -0.2) is 26.5 Å². The van der Waals surface area contributed by atoms with Gasteiger partial charge in [0.05, 0.1) is 12.3 Å². The second kappa shape index (κ2) is 6.34. The van der Waals surface area contributed by atoms with Gasteiger partial charge in [-0.2, -0.15) is 15.0 Å². The Balaban J connectivity index is 2.18. The molecule has 0 aliphatic heterocycles. The number of hydrogen-bond donors (Lipinski definition) is 2. The van der Waals surface area contributed by atoms with Crippen molar-refractivity contribution >= 4 is 17.7 Å². The second-order valence-corrected chi connectivity index (χ2v) is 4.49. The predicted molar refractivity (Wildman–Crippen MR) is 68.8 cm³/mol. The molecule has 0 saturated heterocycles. The molecule has 3 N–H and O–H groups in total. The van der Waals surface area contributed by atoms with Crippen LogP contribution in [-0.2, 0) is 0 Å². The molecular formula is C10H14N6O2S. The molecule has 102 valence electrons. The molecule has 0 amide bonds. The third kappa shape index (κ3) is 3.80. The van der Waals surface area contributed by atoms with E-state index in [0.29, 0.717) is 17.0 Å². The van der Waals surface area contributed by atoms with Crippen molar-refractivity contribution < 1.29 is 9.15 Å². The van der Waals surface area contributed by atoms with Crippen LogP contribution in [0.4, 0.5) is 5.95 Å². The highest BCUT2D eigenvalue weighted by Gasteiger charge is 2.11. The van der Waals surface area contributed by atoms with E-state index in [9.17, 15) is 0 Å². The van der Waals surface area contributed by atoms with Crippen LogP contribution in [0.2, 0.25) is 0 Å². The molecule has 0 unspecified atom stereocenters. The fourth-order valence-electron chi connectivity index (χ4n) is 1.16. The van der Waals surface area contributed by atoms with Crippen molar-refractivity contribution in [2.24, 2.45) is 5.84 Å². The average Bonchev–Trinajstić information content (AvgIpc) is 2.81. The van der Waals surface area contributed by atoms with Crippen molar-refractivity contribution in [1.29, 1.82) is 0 Å². The van der Waals surface area contributed by atoms with Crippen molar-refractivity contribution in [3.8, 4) is 6.01 Å². The number of hydrazine groups is 1. The minimum Gasteiger partial charge on any atom is -0.463 e. The SMILES string of the molecule is CCCOc1nc(NN)nc(Sc2nc(C)co2)n1. The lowest BCUT2D eigenvalue weighted by molar-refractivity contribution is 0.288. The van der Waals surface area contributed by atoms with E-state index in [1.165, 1.54) is 11.8 Å². The van der Waals surface area contributed by atoms with E-state index < -0.39 is 0 Å². The van der Waals surface area contributed by atoms with Crippen molar-refractivity contribution in [1.82, 2.24) is 19.9 Å². The standard InChI is InChI=1S/C10H14N6O2S/c1-3-4-17-8-13-7(16-11)14-9(15-8)19-10-12-6(2)5-18-10/h5H,3-4,11H2,1-2H3,(H,13,14,15,16).